The molecule has 1 saturated heterocycles. The summed E-state index contributed by atoms with van der Waals surface area (Å²) in [7, 11) is -2.12. The van der Waals surface area contributed by atoms with Crippen molar-refractivity contribution in [3.63, 3.8) is 0 Å². The number of benzene rings is 1. The molecule has 1 aliphatic heterocycles. The minimum absolute atomic E-state index is 0.0470. The number of nitrogens with one attached hydrogen (secondary N) is 1. The zero-order chi connectivity index (χ0) is 16.7. The third-order valence-corrected chi connectivity index (χ3v) is 5.20. The van der Waals surface area contributed by atoms with Gasteiger partial charge in [0, 0.05) is 25.6 Å². The van der Waals surface area contributed by atoms with Crippen LogP contribution in [0.1, 0.15) is 6.42 Å². The molecule has 0 saturated carbocycles. The van der Waals surface area contributed by atoms with Crippen LogP contribution in [0, 0.1) is 5.41 Å². The number of ether oxygens (including phenoxy) is 1. The number of aromatic nitrogens is 2. The van der Waals surface area contributed by atoms with Gasteiger partial charge in [-0.3, -0.25) is 0 Å². The number of sulfonamides is 1. The van der Waals surface area contributed by atoms with Gasteiger partial charge < -0.3 is 19.7 Å². The number of fused-ring (bicyclic) bond motifs is 1. The summed E-state index contributed by atoms with van der Waals surface area (Å²) in [5.41, 5.74) is 0.986. The van der Waals surface area contributed by atoms with Crippen molar-refractivity contribution in [2.45, 2.75) is 11.3 Å². The summed E-state index contributed by atoms with van der Waals surface area (Å²) in [4.78, 5) is 9.70. The van der Waals surface area contributed by atoms with Gasteiger partial charge in [-0.2, -0.15) is 0 Å². The Morgan fingerprint density at radius 1 is 1.52 bits per heavy atom. The van der Waals surface area contributed by atoms with Crippen molar-refractivity contribution >= 4 is 27.0 Å². The number of imidazole rings is 1. The molecule has 9 heteroatoms. The van der Waals surface area contributed by atoms with E-state index in [1.54, 1.807) is 13.2 Å². The Morgan fingerprint density at radius 2 is 2.30 bits per heavy atom. The maximum atomic E-state index is 11.4. The molecule has 4 N–H and O–H groups in total. The molecule has 126 valence electrons. The highest BCUT2D eigenvalue weighted by Crippen LogP contribution is 2.33. The second-order valence-electron chi connectivity index (χ2n) is 6.05. The van der Waals surface area contributed by atoms with Crippen molar-refractivity contribution in [1.82, 2.24) is 9.97 Å². The predicted molar refractivity (Wildman–Crippen MR) is 85.7 cm³/mol. The Morgan fingerprint density at radius 3 is 2.96 bits per heavy atom. The topological polar surface area (TPSA) is 122 Å². The monoisotopic (exact) mass is 340 g/mol. The maximum Gasteiger partial charge on any atom is 0.238 e. The highest BCUT2D eigenvalue weighted by molar-refractivity contribution is 7.89. The number of aliphatic hydroxyl groups excluding tert-OH is 1. The average molecular weight is 340 g/mol. The first kappa shape index (κ1) is 16.2. The highest BCUT2D eigenvalue weighted by Gasteiger charge is 2.38. The fraction of sp³-hybridized carbons (Fsp3) is 0.500. The van der Waals surface area contributed by atoms with Gasteiger partial charge in [-0.1, -0.05) is 0 Å². The summed E-state index contributed by atoms with van der Waals surface area (Å²) < 4.78 is 28.1. The lowest BCUT2D eigenvalue weighted by atomic mass is 9.89. The maximum absolute atomic E-state index is 11.4. The van der Waals surface area contributed by atoms with Crippen molar-refractivity contribution in [3.05, 3.63) is 18.2 Å². The Kier molecular flexibility index (Phi) is 4.05. The molecule has 3 rings (SSSR count). The van der Waals surface area contributed by atoms with Crippen LogP contribution < -0.4 is 10.0 Å². The highest BCUT2D eigenvalue weighted by atomic mass is 32.2. The standard InChI is InChI=1S/C14H20N4O4S/c1-22-9-14(8-19)4-5-18(7-14)13-16-11-3-2-10(23(15,20)21)6-12(11)17-13/h2-3,6,19H,4-5,7-9H2,1H3,(H,16,17)(H2,15,20,21)/t14-/m0/s1. The molecular formula is C14H20N4O4S. The molecule has 0 aliphatic carbocycles. The molecule has 0 spiro atoms. The number of rotatable bonds is 5. The molecule has 23 heavy (non-hydrogen) atoms. The van der Waals surface area contributed by atoms with E-state index >= 15 is 0 Å². The second kappa shape index (κ2) is 5.75. The van der Waals surface area contributed by atoms with Crippen molar-refractivity contribution in [3.8, 4) is 0 Å². The van der Waals surface area contributed by atoms with Gasteiger partial charge in [-0.15, -0.1) is 0 Å². The fourth-order valence-electron chi connectivity index (χ4n) is 3.02. The number of methoxy groups -OCH3 is 1. The molecule has 8 nitrogen and oxygen atoms in total. The number of nitrogens with zero attached hydrogens (tertiary/aromatic N) is 2. The van der Waals surface area contributed by atoms with Gasteiger partial charge in [-0.05, 0) is 24.6 Å². The number of nitrogens with two attached hydrogens (primary N) is 1. The van der Waals surface area contributed by atoms with Crippen LogP contribution >= 0.6 is 0 Å². The molecule has 0 radical (unpaired) electrons. The molecule has 0 amide bonds. The quantitative estimate of drug-likeness (QED) is 0.707. The lowest BCUT2D eigenvalue weighted by Gasteiger charge is -2.25. The number of H-pyrrole nitrogens is 1. The zero-order valence-electron chi connectivity index (χ0n) is 12.8. The van der Waals surface area contributed by atoms with Crippen LogP contribution in [0.25, 0.3) is 11.0 Å². The summed E-state index contributed by atoms with van der Waals surface area (Å²) in [6.07, 6.45) is 0.802. The summed E-state index contributed by atoms with van der Waals surface area (Å²) in [6, 6.07) is 4.54. The SMILES string of the molecule is COC[C@@]1(CO)CCN(c2nc3ccc(S(N)(=O)=O)cc3[nH]2)C1. The molecule has 2 heterocycles. The molecular weight excluding hydrogens is 320 g/mol. The van der Waals surface area contributed by atoms with E-state index in [1.807, 2.05) is 4.90 Å². The second-order valence-corrected chi connectivity index (χ2v) is 7.61. The molecule has 2 aromatic rings. The van der Waals surface area contributed by atoms with Gasteiger partial charge in [0.05, 0.1) is 29.1 Å². The van der Waals surface area contributed by atoms with Crippen LogP contribution in [0.15, 0.2) is 23.1 Å². The first-order valence-corrected chi connectivity index (χ1v) is 8.79. The molecule has 1 fully saturated rings. The molecule has 1 aliphatic rings. The summed E-state index contributed by atoms with van der Waals surface area (Å²) >= 11 is 0. The number of hydrogen-bond donors (Lipinski definition) is 3. The van der Waals surface area contributed by atoms with Gasteiger partial charge >= 0.3 is 0 Å². The van der Waals surface area contributed by atoms with Crippen molar-refractivity contribution in [1.29, 1.82) is 0 Å². The smallest absolute Gasteiger partial charge is 0.238 e. The number of aromatic amines is 1. The van der Waals surface area contributed by atoms with Crippen LogP contribution in [-0.4, -0.2) is 56.9 Å². The minimum Gasteiger partial charge on any atom is -0.396 e. The minimum atomic E-state index is -3.74. The summed E-state index contributed by atoms with van der Waals surface area (Å²) in [5.74, 6) is 0.651. The predicted octanol–water partition coefficient (Wildman–Crippen LogP) is 0.0455. The number of primary sulfonamides is 1. The van der Waals surface area contributed by atoms with Gasteiger partial charge in [0.2, 0.25) is 16.0 Å². The lowest BCUT2D eigenvalue weighted by molar-refractivity contribution is 0.0447. The number of aliphatic hydroxyl groups is 1. The van der Waals surface area contributed by atoms with Crippen molar-refractivity contribution in [2.75, 3.05) is 38.3 Å². The van der Waals surface area contributed by atoms with E-state index in [-0.39, 0.29) is 16.9 Å². The van der Waals surface area contributed by atoms with Crippen LogP contribution in [0.3, 0.4) is 0 Å². The molecule has 1 atom stereocenters. The van der Waals surface area contributed by atoms with Crippen LogP contribution in [0.2, 0.25) is 0 Å². The van der Waals surface area contributed by atoms with E-state index in [0.717, 1.165) is 13.0 Å². The Hall–Kier alpha value is -1.68. The summed E-state index contributed by atoms with van der Waals surface area (Å²) in [5, 5.41) is 14.8. The largest absolute Gasteiger partial charge is 0.396 e. The van der Waals surface area contributed by atoms with Gasteiger partial charge in [-0.25, -0.2) is 18.5 Å². The third kappa shape index (κ3) is 3.05. The Labute approximate surface area is 134 Å². The molecule has 1 aromatic carbocycles. The Bertz CT molecular complexity index is 819. The van der Waals surface area contributed by atoms with E-state index < -0.39 is 10.0 Å². The van der Waals surface area contributed by atoms with E-state index in [9.17, 15) is 13.5 Å². The molecule has 0 unspecified atom stereocenters. The average Bonchev–Trinajstić information content (AvgIpc) is 3.10. The normalized spacial score (nSPS) is 22.1. The lowest BCUT2D eigenvalue weighted by Crippen LogP contribution is -2.34. The zero-order valence-corrected chi connectivity index (χ0v) is 13.6. The molecule has 1 aromatic heterocycles. The van der Waals surface area contributed by atoms with E-state index in [2.05, 4.69) is 9.97 Å². The van der Waals surface area contributed by atoms with Crippen molar-refractivity contribution < 1.29 is 18.3 Å². The van der Waals surface area contributed by atoms with Crippen LogP contribution in [0.4, 0.5) is 5.95 Å². The van der Waals surface area contributed by atoms with Crippen LogP contribution in [-0.2, 0) is 14.8 Å². The number of hydrogen-bond acceptors (Lipinski definition) is 6. The third-order valence-electron chi connectivity index (χ3n) is 4.29. The first-order chi connectivity index (χ1) is 10.9. The molecule has 0 bridgehead atoms. The van der Waals surface area contributed by atoms with Crippen molar-refractivity contribution in [2.24, 2.45) is 10.6 Å². The Balaban J connectivity index is 1.90. The van der Waals surface area contributed by atoms with E-state index in [4.69, 9.17) is 9.88 Å². The van der Waals surface area contributed by atoms with Gasteiger partial charge in [0.15, 0.2) is 0 Å². The van der Waals surface area contributed by atoms with E-state index in [0.29, 0.717) is 30.1 Å². The first-order valence-electron chi connectivity index (χ1n) is 7.24. The van der Waals surface area contributed by atoms with Gasteiger partial charge in [0.25, 0.3) is 0 Å². The van der Waals surface area contributed by atoms with Gasteiger partial charge in [0.1, 0.15) is 0 Å². The van der Waals surface area contributed by atoms with E-state index in [1.165, 1.54) is 12.1 Å². The van der Waals surface area contributed by atoms with Crippen LogP contribution in [0.5, 0.6) is 0 Å². The summed E-state index contributed by atoms with van der Waals surface area (Å²) in [6.45, 7) is 1.90. The number of anilines is 1. The fourth-order valence-corrected chi connectivity index (χ4v) is 3.56.